The summed E-state index contributed by atoms with van der Waals surface area (Å²) in [6, 6.07) is 1.09. The number of nitrogens with zero attached hydrogens (tertiary/aromatic N) is 1. The molecule has 5 heteroatoms. The van der Waals surface area contributed by atoms with E-state index in [2.05, 4.69) is 0 Å². The lowest BCUT2D eigenvalue weighted by atomic mass is 9.84. The molecule has 5 nitrogen and oxygen atoms in total. The molecule has 2 fully saturated rings. The lowest BCUT2D eigenvalue weighted by molar-refractivity contribution is -0.141. The number of aliphatic carboxylic acids is 1. The summed E-state index contributed by atoms with van der Waals surface area (Å²) >= 11 is 0. The van der Waals surface area contributed by atoms with E-state index in [-0.39, 0.29) is 11.9 Å². The highest BCUT2D eigenvalue weighted by Gasteiger charge is 2.48. The van der Waals surface area contributed by atoms with Crippen molar-refractivity contribution in [3.05, 3.63) is 23.2 Å². The van der Waals surface area contributed by atoms with Crippen molar-refractivity contribution in [2.24, 2.45) is 5.92 Å². The van der Waals surface area contributed by atoms with Crippen molar-refractivity contribution in [1.82, 2.24) is 4.90 Å². The minimum atomic E-state index is -0.893. The summed E-state index contributed by atoms with van der Waals surface area (Å²) in [6.45, 7) is 3.55. The number of amides is 1. The molecule has 1 amide bonds. The van der Waals surface area contributed by atoms with Crippen LogP contribution in [0.5, 0.6) is 0 Å². The summed E-state index contributed by atoms with van der Waals surface area (Å²) in [7, 11) is 0. The molecule has 3 unspecified atom stereocenters. The van der Waals surface area contributed by atoms with Gasteiger partial charge in [-0.05, 0) is 45.1 Å². The van der Waals surface area contributed by atoms with E-state index >= 15 is 0 Å². The predicted molar refractivity (Wildman–Crippen MR) is 76.1 cm³/mol. The Labute approximate surface area is 123 Å². The highest BCUT2D eigenvalue weighted by molar-refractivity contribution is 5.98. The summed E-state index contributed by atoms with van der Waals surface area (Å²) in [5, 5.41) is 9.48. The molecule has 0 bridgehead atoms. The van der Waals surface area contributed by atoms with E-state index in [0.29, 0.717) is 29.4 Å². The van der Waals surface area contributed by atoms with Crippen LogP contribution in [0.4, 0.5) is 0 Å². The molecule has 1 aromatic heterocycles. The molecule has 0 aromatic carbocycles. The first kappa shape index (κ1) is 14.2. The van der Waals surface area contributed by atoms with Crippen LogP contribution in [0.25, 0.3) is 0 Å². The fraction of sp³-hybridized carbons (Fsp3) is 0.625. The number of carboxylic acids is 1. The molecule has 1 N–H and O–H groups in total. The quantitative estimate of drug-likeness (QED) is 0.909. The van der Waals surface area contributed by atoms with Crippen molar-refractivity contribution in [3.63, 3.8) is 0 Å². The standard InChI is InChI=1S/C16H21NO4/c1-9-7-12(10(2)21-9)15(18)17-13-6-4-3-5-11(13)8-14(17)16(19)20/h7,11,13-14H,3-6,8H2,1-2H3,(H,19,20). The zero-order chi connectivity index (χ0) is 15.1. The molecule has 2 aliphatic rings. The molecule has 1 aromatic rings. The van der Waals surface area contributed by atoms with Gasteiger partial charge in [0.25, 0.3) is 5.91 Å². The van der Waals surface area contributed by atoms with Gasteiger partial charge in [-0.2, -0.15) is 0 Å². The second-order valence-electron chi connectivity index (χ2n) is 6.24. The number of likely N-dealkylation sites (tertiary alicyclic amines) is 1. The van der Waals surface area contributed by atoms with Gasteiger partial charge in [-0.15, -0.1) is 0 Å². The van der Waals surface area contributed by atoms with Crippen LogP contribution in [-0.2, 0) is 4.79 Å². The Morgan fingerprint density at radius 1 is 1.29 bits per heavy atom. The summed E-state index contributed by atoms with van der Waals surface area (Å²) < 4.78 is 5.43. The monoisotopic (exact) mass is 291 g/mol. The molecule has 3 atom stereocenters. The van der Waals surface area contributed by atoms with E-state index in [1.165, 1.54) is 0 Å². The van der Waals surface area contributed by atoms with E-state index in [1.54, 1.807) is 24.8 Å². The maximum atomic E-state index is 12.9. The van der Waals surface area contributed by atoms with Crippen LogP contribution in [-0.4, -0.2) is 34.0 Å². The molecule has 3 rings (SSSR count). The van der Waals surface area contributed by atoms with Crippen LogP contribution >= 0.6 is 0 Å². The predicted octanol–water partition coefficient (Wildman–Crippen LogP) is 2.75. The summed E-state index contributed by atoms with van der Waals surface area (Å²) in [4.78, 5) is 26.0. The van der Waals surface area contributed by atoms with Crippen molar-refractivity contribution in [3.8, 4) is 0 Å². The lowest BCUT2D eigenvalue weighted by Crippen LogP contribution is -2.46. The SMILES string of the molecule is Cc1cc(C(=O)N2C(C(=O)O)CC3CCCCC32)c(C)o1. The van der Waals surface area contributed by atoms with Crippen molar-refractivity contribution in [2.45, 2.75) is 58.0 Å². The molecule has 1 saturated heterocycles. The fourth-order valence-electron chi connectivity index (χ4n) is 3.95. The number of fused-ring (bicyclic) bond motifs is 1. The van der Waals surface area contributed by atoms with Crippen LogP contribution in [0.1, 0.15) is 54.0 Å². The number of carboxylic acid groups (broad SMARTS) is 1. The number of rotatable bonds is 2. The molecule has 21 heavy (non-hydrogen) atoms. The van der Waals surface area contributed by atoms with Gasteiger partial charge in [0.2, 0.25) is 0 Å². The van der Waals surface area contributed by atoms with Crippen LogP contribution in [0.3, 0.4) is 0 Å². The van der Waals surface area contributed by atoms with Gasteiger partial charge >= 0.3 is 5.97 Å². The Hall–Kier alpha value is -1.78. The normalized spacial score (nSPS) is 28.5. The zero-order valence-corrected chi connectivity index (χ0v) is 12.5. The molecule has 1 saturated carbocycles. The maximum Gasteiger partial charge on any atom is 0.326 e. The number of hydrogen-bond donors (Lipinski definition) is 1. The summed E-state index contributed by atoms with van der Waals surface area (Å²) in [6.07, 6.45) is 4.74. The largest absolute Gasteiger partial charge is 0.480 e. The van der Waals surface area contributed by atoms with E-state index < -0.39 is 12.0 Å². The van der Waals surface area contributed by atoms with Crippen LogP contribution in [0.2, 0.25) is 0 Å². The van der Waals surface area contributed by atoms with Gasteiger partial charge in [-0.3, -0.25) is 4.79 Å². The van der Waals surface area contributed by atoms with E-state index in [0.717, 1.165) is 25.7 Å². The smallest absolute Gasteiger partial charge is 0.326 e. The number of hydrogen-bond acceptors (Lipinski definition) is 3. The Kier molecular flexibility index (Phi) is 3.51. The highest BCUT2D eigenvalue weighted by Crippen LogP contribution is 2.40. The van der Waals surface area contributed by atoms with E-state index in [4.69, 9.17) is 4.42 Å². The zero-order valence-electron chi connectivity index (χ0n) is 12.5. The minimum Gasteiger partial charge on any atom is -0.480 e. The first-order valence-corrected chi connectivity index (χ1v) is 7.61. The second-order valence-corrected chi connectivity index (χ2v) is 6.24. The third kappa shape index (κ3) is 2.34. The van der Waals surface area contributed by atoms with Gasteiger partial charge in [-0.25, -0.2) is 4.79 Å². The van der Waals surface area contributed by atoms with E-state index in [1.807, 2.05) is 0 Å². The lowest BCUT2D eigenvalue weighted by Gasteiger charge is -2.32. The molecule has 1 aliphatic carbocycles. The number of aryl methyl sites for hydroxylation is 2. The summed E-state index contributed by atoms with van der Waals surface area (Å²) in [5.41, 5.74) is 0.505. The minimum absolute atomic E-state index is 0.0713. The molecule has 0 radical (unpaired) electrons. The molecular weight excluding hydrogens is 270 g/mol. The number of carbonyl (C=O) groups is 2. The Balaban J connectivity index is 1.94. The maximum absolute atomic E-state index is 12.9. The Morgan fingerprint density at radius 2 is 2.00 bits per heavy atom. The van der Waals surface area contributed by atoms with E-state index in [9.17, 15) is 14.7 Å². The van der Waals surface area contributed by atoms with Gasteiger partial charge in [-0.1, -0.05) is 12.8 Å². The fourth-order valence-corrected chi connectivity index (χ4v) is 3.95. The van der Waals surface area contributed by atoms with Gasteiger partial charge in [0.05, 0.1) is 5.56 Å². The van der Waals surface area contributed by atoms with Crippen molar-refractivity contribution in [2.75, 3.05) is 0 Å². The van der Waals surface area contributed by atoms with Crippen molar-refractivity contribution >= 4 is 11.9 Å². The Morgan fingerprint density at radius 3 is 2.62 bits per heavy atom. The first-order chi connectivity index (χ1) is 9.99. The molecule has 0 spiro atoms. The average Bonchev–Trinajstić information content (AvgIpc) is 2.98. The van der Waals surface area contributed by atoms with Crippen molar-refractivity contribution in [1.29, 1.82) is 0 Å². The van der Waals surface area contributed by atoms with Crippen LogP contribution in [0, 0.1) is 19.8 Å². The van der Waals surface area contributed by atoms with Gasteiger partial charge in [0.1, 0.15) is 17.6 Å². The third-order valence-electron chi connectivity index (χ3n) is 4.88. The third-order valence-corrected chi connectivity index (χ3v) is 4.88. The first-order valence-electron chi connectivity index (χ1n) is 7.61. The number of carbonyl (C=O) groups excluding carboxylic acids is 1. The molecule has 2 heterocycles. The molecule has 1 aliphatic heterocycles. The van der Waals surface area contributed by atoms with Gasteiger partial charge in [0.15, 0.2) is 0 Å². The van der Waals surface area contributed by atoms with Gasteiger partial charge in [0, 0.05) is 6.04 Å². The van der Waals surface area contributed by atoms with Gasteiger partial charge < -0.3 is 14.4 Å². The molecular formula is C16H21NO4. The van der Waals surface area contributed by atoms with Crippen LogP contribution in [0.15, 0.2) is 10.5 Å². The average molecular weight is 291 g/mol. The second kappa shape index (κ2) is 5.20. The highest BCUT2D eigenvalue weighted by atomic mass is 16.4. The topological polar surface area (TPSA) is 70.8 Å². The summed E-state index contributed by atoms with van der Waals surface area (Å²) in [5.74, 6) is 0.502. The van der Waals surface area contributed by atoms with Crippen LogP contribution < -0.4 is 0 Å². The molecule has 114 valence electrons. The Bertz CT molecular complexity index is 577. The van der Waals surface area contributed by atoms with Crippen molar-refractivity contribution < 1.29 is 19.1 Å². The number of furan rings is 1.